The molecule has 1 rings (SSSR count). The minimum atomic E-state index is -2.26. The van der Waals surface area contributed by atoms with Crippen LogP contribution < -0.4 is 0 Å². The summed E-state index contributed by atoms with van der Waals surface area (Å²) in [5.74, 6) is -0.930. The zero-order valence-electron chi connectivity index (χ0n) is 8.62. The molecule has 2 atom stereocenters. The first kappa shape index (κ1) is 13.6. The van der Waals surface area contributed by atoms with Crippen LogP contribution in [0.15, 0.2) is 30.3 Å². The standard InChI is InChI=1S/C11H11Br2FO2/c1-2-16-10(15)11(13,14)9(12)8-6-4-3-5-7-8/h3-7,9H,2H2,1H3/t9-,11-/m0/s1. The summed E-state index contributed by atoms with van der Waals surface area (Å²) in [5, 5.41) is 0. The Morgan fingerprint density at radius 3 is 2.56 bits per heavy atom. The molecule has 0 spiro atoms. The molecular formula is C11H11Br2FO2. The van der Waals surface area contributed by atoms with Crippen LogP contribution >= 0.6 is 31.9 Å². The van der Waals surface area contributed by atoms with Crippen LogP contribution in [0.25, 0.3) is 0 Å². The fraction of sp³-hybridized carbons (Fsp3) is 0.364. The predicted molar refractivity (Wildman–Crippen MR) is 67.5 cm³/mol. The largest absolute Gasteiger partial charge is 0.463 e. The van der Waals surface area contributed by atoms with Gasteiger partial charge in [-0.25, -0.2) is 9.18 Å². The SMILES string of the molecule is CCOC(=O)[C@](F)(Br)[C@@H](Br)c1ccccc1. The molecule has 1 aromatic carbocycles. The van der Waals surface area contributed by atoms with Crippen molar-refractivity contribution >= 4 is 37.8 Å². The van der Waals surface area contributed by atoms with Gasteiger partial charge < -0.3 is 4.74 Å². The summed E-state index contributed by atoms with van der Waals surface area (Å²) in [6.45, 7) is 1.78. The topological polar surface area (TPSA) is 26.3 Å². The van der Waals surface area contributed by atoms with Gasteiger partial charge in [-0.15, -0.1) is 0 Å². The molecule has 0 aliphatic rings. The Kier molecular flexibility index (Phi) is 4.92. The average molecular weight is 354 g/mol. The second kappa shape index (κ2) is 5.77. The molecule has 0 saturated heterocycles. The maximum atomic E-state index is 14.1. The lowest BCUT2D eigenvalue weighted by Crippen LogP contribution is -2.33. The third-order valence-corrected chi connectivity index (χ3v) is 4.51. The van der Waals surface area contributed by atoms with Gasteiger partial charge in [0.05, 0.1) is 11.4 Å². The number of ether oxygens (including phenoxy) is 1. The van der Waals surface area contributed by atoms with E-state index in [0.29, 0.717) is 5.56 Å². The zero-order valence-corrected chi connectivity index (χ0v) is 11.8. The van der Waals surface area contributed by atoms with Gasteiger partial charge in [0.1, 0.15) is 0 Å². The molecule has 0 amide bonds. The first-order valence-corrected chi connectivity index (χ1v) is 6.45. The summed E-state index contributed by atoms with van der Waals surface area (Å²) < 4.78 is 16.5. The molecule has 0 fully saturated rings. The number of rotatable bonds is 4. The first-order chi connectivity index (χ1) is 7.50. The van der Waals surface area contributed by atoms with Crippen LogP contribution in [-0.2, 0) is 9.53 Å². The molecule has 2 nitrogen and oxygen atoms in total. The molecule has 0 saturated carbocycles. The fourth-order valence-electron chi connectivity index (χ4n) is 1.16. The monoisotopic (exact) mass is 352 g/mol. The van der Waals surface area contributed by atoms with Crippen molar-refractivity contribution in [2.75, 3.05) is 6.61 Å². The Balaban J connectivity index is 2.87. The van der Waals surface area contributed by atoms with Gasteiger partial charge in [-0.3, -0.25) is 0 Å². The third kappa shape index (κ3) is 3.04. The molecule has 88 valence electrons. The Labute approximate surface area is 110 Å². The minimum absolute atomic E-state index is 0.143. The highest BCUT2D eigenvalue weighted by molar-refractivity contribution is 9.12. The van der Waals surface area contributed by atoms with E-state index in [-0.39, 0.29) is 6.61 Å². The second-order valence-corrected chi connectivity index (χ2v) is 5.19. The van der Waals surface area contributed by atoms with Gasteiger partial charge in [0.2, 0.25) is 0 Å². The highest BCUT2D eigenvalue weighted by Crippen LogP contribution is 2.42. The lowest BCUT2D eigenvalue weighted by atomic mass is 10.1. The third-order valence-electron chi connectivity index (χ3n) is 1.96. The zero-order chi connectivity index (χ0) is 12.2. The Morgan fingerprint density at radius 2 is 2.06 bits per heavy atom. The quantitative estimate of drug-likeness (QED) is 0.608. The van der Waals surface area contributed by atoms with Crippen molar-refractivity contribution in [3.8, 4) is 0 Å². The second-order valence-electron chi connectivity index (χ2n) is 3.12. The van der Waals surface area contributed by atoms with E-state index in [1.54, 1.807) is 31.2 Å². The number of carbonyl (C=O) groups excluding carboxylic acids is 1. The van der Waals surface area contributed by atoms with E-state index in [0.717, 1.165) is 0 Å². The van der Waals surface area contributed by atoms with E-state index in [1.807, 2.05) is 6.07 Å². The summed E-state index contributed by atoms with van der Waals surface area (Å²) in [7, 11) is 0. The van der Waals surface area contributed by atoms with Crippen LogP contribution in [-0.4, -0.2) is 17.2 Å². The van der Waals surface area contributed by atoms with Crippen LogP contribution in [0.5, 0.6) is 0 Å². The molecular weight excluding hydrogens is 343 g/mol. The van der Waals surface area contributed by atoms with Crippen molar-refractivity contribution in [2.45, 2.75) is 16.3 Å². The summed E-state index contributed by atoms with van der Waals surface area (Å²) in [5.41, 5.74) is 0.662. The van der Waals surface area contributed by atoms with Gasteiger partial charge in [-0.2, -0.15) is 0 Å². The van der Waals surface area contributed by atoms with Crippen molar-refractivity contribution in [1.82, 2.24) is 0 Å². The molecule has 1 aromatic rings. The summed E-state index contributed by atoms with van der Waals surface area (Å²) >= 11 is 5.92. The van der Waals surface area contributed by atoms with Crippen LogP contribution in [0.1, 0.15) is 17.3 Å². The number of benzene rings is 1. The Morgan fingerprint density at radius 1 is 1.50 bits per heavy atom. The maximum Gasteiger partial charge on any atom is 0.356 e. The van der Waals surface area contributed by atoms with Gasteiger partial charge in [0, 0.05) is 0 Å². The van der Waals surface area contributed by atoms with E-state index in [1.165, 1.54) is 0 Å². The maximum absolute atomic E-state index is 14.1. The first-order valence-electron chi connectivity index (χ1n) is 4.74. The molecule has 0 aromatic heterocycles. The number of esters is 1. The van der Waals surface area contributed by atoms with Crippen LogP contribution in [0.3, 0.4) is 0 Å². The highest BCUT2D eigenvalue weighted by Gasteiger charge is 2.45. The van der Waals surface area contributed by atoms with E-state index in [2.05, 4.69) is 36.6 Å². The van der Waals surface area contributed by atoms with Gasteiger partial charge in [-0.05, 0) is 28.4 Å². The molecule has 5 heteroatoms. The highest BCUT2D eigenvalue weighted by atomic mass is 79.9. The van der Waals surface area contributed by atoms with E-state index in [4.69, 9.17) is 0 Å². The number of hydrogen-bond acceptors (Lipinski definition) is 2. The summed E-state index contributed by atoms with van der Waals surface area (Å²) in [6.07, 6.45) is 0. The molecule has 0 aliphatic carbocycles. The van der Waals surface area contributed by atoms with Gasteiger partial charge >= 0.3 is 5.97 Å². The molecule has 0 aliphatic heterocycles. The van der Waals surface area contributed by atoms with Gasteiger partial charge in [0.25, 0.3) is 4.58 Å². The molecule has 0 radical (unpaired) electrons. The summed E-state index contributed by atoms with van der Waals surface area (Å²) in [4.78, 5) is 10.6. The van der Waals surface area contributed by atoms with Crippen molar-refractivity contribution in [1.29, 1.82) is 0 Å². The molecule has 16 heavy (non-hydrogen) atoms. The fourth-order valence-corrected chi connectivity index (χ4v) is 2.03. The van der Waals surface area contributed by atoms with E-state index >= 15 is 0 Å². The lowest BCUT2D eigenvalue weighted by molar-refractivity contribution is -0.150. The average Bonchev–Trinajstić information content (AvgIpc) is 2.29. The van der Waals surface area contributed by atoms with Crippen LogP contribution in [0.4, 0.5) is 4.39 Å². The van der Waals surface area contributed by atoms with Gasteiger partial charge in [0.15, 0.2) is 0 Å². The van der Waals surface area contributed by atoms with Crippen molar-refractivity contribution in [2.24, 2.45) is 0 Å². The van der Waals surface area contributed by atoms with Crippen LogP contribution in [0.2, 0.25) is 0 Å². The van der Waals surface area contributed by atoms with E-state index in [9.17, 15) is 9.18 Å². The minimum Gasteiger partial charge on any atom is -0.463 e. The molecule has 0 heterocycles. The number of carbonyl (C=O) groups is 1. The molecule has 0 unspecified atom stereocenters. The van der Waals surface area contributed by atoms with Crippen LogP contribution in [0, 0.1) is 0 Å². The lowest BCUT2D eigenvalue weighted by Gasteiger charge is -2.22. The van der Waals surface area contributed by atoms with Crippen molar-refractivity contribution in [3.05, 3.63) is 35.9 Å². The smallest absolute Gasteiger partial charge is 0.356 e. The summed E-state index contributed by atoms with van der Waals surface area (Å²) in [6, 6.07) is 8.83. The van der Waals surface area contributed by atoms with E-state index < -0.39 is 15.4 Å². The van der Waals surface area contributed by atoms with Crippen molar-refractivity contribution < 1.29 is 13.9 Å². The Hall–Kier alpha value is -0.420. The predicted octanol–water partition coefficient (Wildman–Crippen LogP) is 3.75. The number of hydrogen-bond donors (Lipinski definition) is 0. The number of halogens is 3. The Bertz CT molecular complexity index is 354. The van der Waals surface area contributed by atoms with Crippen molar-refractivity contribution in [3.63, 3.8) is 0 Å². The molecule has 0 bridgehead atoms. The molecule has 0 N–H and O–H groups in total. The van der Waals surface area contributed by atoms with Gasteiger partial charge in [-0.1, -0.05) is 46.3 Å². The number of alkyl halides is 3. The normalized spacial score (nSPS) is 16.2.